The molecule has 25 nitrogen and oxygen atoms in total. The number of carbonyl (C=O) groups excluding carboxylic acids is 9. The lowest BCUT2D eigenvalue weighted by molar-refractivity contribution is -0.136. The summed E-state index contributed by atoms with van der Waals surface area (Å²) >= 11 is 0. The maximum atomic E-state index is 14.5. The molecule has 3 heterocycles. The summed E-state index contributed by atoms with van der Waals surface area (Å²) < 4.78 is 0. The molecule has 2 aromatic carbocycles. The van der Waals surface area contributed by atoms with Crippen molar-refractivity contribution >= 4 is 70.0 Å². The van der Waals surface area contributed by atoms with E-state index in [2.05, 4.69) is 62.5 Å². The number of para-hydroxylation sites is 1. The van der Waals surface area contributed by atoms with Crippen LogP contribution in [-0.4, -0.2) is 141 Å². The molecular weight excluding hydrogens is 935 g/mol. The number of amides is 9. The van der Waals surface area contributed by atoms with Gasteiger partial charge in [-0.05, 0) is 49.3 Å². The molecule has 25 heteroatoms. The van der Waals surface area contributed by atoms with Crippen molar-refractivity contribution in [3.63, 3.8) is 0 Å². The summed E-state index contributed by atoms with van der Waals surface area (Å²) in [6, 6.07) is 5.63. The first kappa shape index (κ1) is 54.6. The largest absolute Gasteiger partial charge is 0.394 e. The number of aliphatic hydroxyl groups is 1. The van der Waals surface area contributed by atoms with Crippen molar-refractivity contribution in [2.45, 2.75) is 107 Å². The lowest BCUT2D eigenvalue weighted by atomic mass is 10.0. The van der Waals surface area contributed by atoms with Crippen LogP contribution in [0.25, 0.3) is 10.9 Å². The summed E-state index contributed by atoms with van der Waals surface area (Å²) in [5.41, 5.74) is 18.9. The fourth-order valence-corrected chi connectivity index (χ4v) is 7.91. The molecule has 7 unspecified atom stereocenters. The molecule has 5 rings (SSSR count). The zero-order valence-corrected chi connectivity index (χ0v) is 39.7. The van der Waals surface area contributed by atoms with Gasteiger partial charge in [-0.3, -0.25) is 48.1 Å². The van der Waals surface area contributed by atoms with E-state index in [1.807, 2.05) is 18.2 Å². The predicted molar refractivity (Wildman–Crippen MR) is 261 cm³/mol. The lowest BCUT2D eigenvalue weighted by Gasteiger charge is -2.27. The van der Waals surface area contributed by atoms with Crippen molar-refractivity contribution in [1.82, 2.24) is 57.5 Å². The number of aromatic nitrogens is 3. The van der Waals surface area contributed by atoms with Gasteiger partial charge in [-0.1, -0.05) is 48.5 Å². The third-order valence-electron chi connectivity index (χ3n) is 11.6. The quantitative estimate of drug-likeness (QED) is 0.0314. The monoisotopic (exact) mass is 997 g/mol. The number of aromatic amines is 2. The van der Waals surface area contributed by atoms with Gasteiger partial charge in [0.05, 0.1) is 19.4 Å². The fraction of sp³-hybridized carbons (Fsp3) is 0.426. The molecule has 0 aliphatic carbocycles. The second-order valence-corrected chi connectivity index (χ2v) is 17.2. The Kier molecular flexibility index (Phi) is 20.6. The molecule has 1 aliphatic heterocycles. The molecule has 0 saturated carbocycles. The van der Waals surface area contributed by atoms with Gasteiger partial charge in [0, 0.05) is 68.3 Å². The fourth-order valence-electron chi connectivity index (χ4n) is 7.91. The molecule has 0 spiro atoms. The second-order valence-electron chi connectivity index (χ2n) is 17.2. The van der Waals surface area contributed by atoms with Gasteiger partial charge in [0.15, 0.2) is 5.96 Å². The van der Waals surface area contributed by atoms with Crippen LogP contribution in [0.2, 0.25) is 0 Å². The van der Waals surface area contributed by atoms with Gasteiger partial charge in [0.2, 0.25) is 53.2 Å². The summed E-state index contributed by atoms with van der Waals surface area (Å²) in [7, 11) is 0. The number of benzene rings is 2. The number of aliphatic hydroxyl groups excluding tert-OH is 1. The molecule has 17 N–H and O–H groups in total. The summed E-state index contributed by atoms with van der Waals surface area (Å²) in [6.45, 7) is 0.355. The van der Waals surface area contributed by atoms with E-state index in [-0.39, 0.29) is 70.4 Å². The minimum absolute atomic E-state index is 0.0103. The Balaban J connectivity index is 1.50. The average molecular weight is 998 g/mol. The first-order valence-electron chi connectivity index (χ1n) is 23.4. The van der Waals surface area contributed by atoms with E-state index in [9.17, 15) is 48.3 Å². The van der Waals surface area contributed by atoms with Gasteiger partial charge in [0.1, 0.15) is 42.3 Å². The number of rotatable bonds is 15. The molecule has 1 saturated heterocycles. The van der Waals surface area contributed by atoms with Crippen LogP contribution in [0.4, 0.5) is 0 Å². The Bertz CT molecular complexity index is 2550. The number of nitrogens with one attached hydrogen (secondary N) is 10. The van der Waals surface area contributed by atoms with Crippen LogP contribution in [0.3, 0.4) is 0 Å². The van der Waals surface area contributed by atoms with Crippen molar-refractivity contribution in [3.8, 4) is 0 Å². The molecule has 2 aromatic heterocycles. The topological polar surface area (TPSA) is 405 Å². The number of hydrogen-bond acceptors (Lipinski definition) is 12. The Morgan fingerprint density at radius 3 is 2.08 bits per heavy atom. The number of nitrogens with two attached hydrogens (primary N) is 3. The molecule has 9 amide bonds. The highest BCUT2D eigenvalue weighted by Gasteiger charge is 2.35. The van der Waals surface area contributed by atoms with E-state index in [1.165, 1.54) is 19.4 Å². The van der Waals surface area contributed by atoms with Crippen LogP contribution >= 0.6 is 0 Å². The zero-order chi connectivity index (χ0) is 52.2. The van der Waals surface area contributed by atoms with E-state index >= 15 is 0 Å². The number of carbonyl (C=O) groups is 9. The smallest absolute Gasteiger partial charge is 0.245 e. The number of hydrogen-bond donors (Lipinski definition) is 14. The number of imidazole rings is 1. The second kappa shape index (κ2) is 27.2. The van der Waals surface area contributed by atoms with E-state index in [0.29, 0.717) is 16.8 Å². The molecule has 4 aromatic rings. The highest BCUT2D eigenvalue weighted by Crippen LogP contribution is 2.20. The molecule has 0 radical (unpaired) electrons. The van der Waals surface area contributed by atoms with Crippen molar-refractivity contribution in [1.29, 1.82) is 0 Å². The maximum absolute atomic E-state index is 14.5. The number of primary amides is 1. The number of nitrogens with zero attached hydrogens (tertiary/aromatic N) is 2. The van der Waals surface area contributed by atoms with Crippen LogP contribution in [-0.2, 0) is 62.4 Å². The van der Waals surface area contributed by atoms with Crippen LogP contribution in [0, 0.1) is 0 Å². The Hall–Kier alpha value is -8.35. The van der Waals surface area contributed by atoms with Gasteiger partial charge in [-0.25, -0.2) is 4.98 Å². The number of H-pyrrole nitrogens is 2. The summed E-state index contributed by atoms with van der Waals surface area (Å²) in [6.07, 6.45) is 3.99. The van der Waals surface area contributed by atoms with Crippen molar-refractivity contribution in [3.05, 3.63) is 90.1 Å². The van der Waals surface area contributed by atoms with E-state index < -0.39 is 108 Å². The average Bonchev–Trinajstić information content (AvgIpc) is 4.02. The molecule has 7 atom stereocenters. The van der Waals surface area contributed by atoms with Gasteiger partial charge in [-0.15, -0.1) is 0 Å². The number of guanidine groups is 1. The van der Waals surface area contributed by atoms with Crippen LogP contribution in [0.15, 0.2) is 78.3 Å². The zero-order valence-electron chi connectivity index (χ0n) is 39.7. The third-order valence-corrected chi connectivity index (χ3v) is 11.6. The summed E-state index contributed by atoms with van der Waals surface area (Å²) in [4.78, 5) is 137. The highest BCUT2D eigenvalue weighted by atomic mass is 16.3. The Morgan fingerprint density at radius 1 is 0.778 bits per heavy atom. The van der Waals surface area contributed by atoms with E-state index in [0.717, 1.165) is 10.9 Å². The standard InChI is InChI=1S/C47H63N15O10/c1-26(64)56-33(15-9-17-53-47(49)50)41(67)61-37-21-39(65)52-16-8-7-14-32(40(48)66)57-43(69)35(19-28-22-54-31-13-6-5-12-30(28)31)59-46(72)38(24-63)62-42(68)34(18-27-10-3-2-4-11-27)58-44(70)36(60-45(37)71)20-29-23-51-25-55-29/h2-6,10-13,22-23,25,32-38,54,63H,7-9,14-21,24H2,1H3,(H2,48,66)(H,51,55)(H,52,65)(H,56,64)(H,57,69)(H,58,70)(H,59,72)(H,60,71)(H,61,67)(H,62,68)(H4,49,50,53). The van der Waals surface area contributed by atoms with Crippen molar-refractivity contribution in [2.75, 3.05) is 19.7 Å². The number of aliphatic imine (C=N–C) groups is 1. The van der Waals surface area contributed by atoms with Gasteiger partial charge < -0.3 is 74.8 Å². The molecule has 1 aliphatic rings. The number of fused-ring (bicyclic) bond motifs is 1. The van der Waals surface area contributed by atoms with E-state index in [4.69, 9.17) is 17.2 Å². The maximum Gasteiger partial charge on any atom is 0.245 e. The normalized spacial score (nSPS) is 21.6. The molecular formula is C47H63N15O10. The first-order chi connectivity index (χ1) is 34.5. The lowest BCUT2D eigenvalue weighted by Crippen LogP contribution is -2.61. The highest BCUT2D eigenvalue weighted by molar-refractivity contribution is 5.99. The molecule has 386 valence electrons. The minimum Gasteiger partial charge on any atom is -0.394 e. The summed E-state index contributed by atoms with van der Waals surface area (Å²) in [5, 5.41) is 32.0. The van der Waals surface area contributed by atoms with Gasteiger partial charge in [0.25, 0.3) is 0 Å². The third kappa shape index (κ3) is 17.0. The minimum atomic E-state index is -1.68. The molecule has 72 heavy (non-hydrogen) atoms. The predicted octanol–water partition coefficient (Wildman–Crippen LogP) is -3.45. The van der Waals surface area contributed by atoms with Crippen LogP contribution in [0.1, 0.15) is 62.3 Å². The van der Waals surface area contributed by atoms with Crippen LogP contribution in [0.5, 0.6) is 0 Å². The van der Waals surface area contributed by atoms with Crippen molar-refractivity contribution < 1.29 is 48.3 Å². The van der Waals surface area contributed by atoms with Gasteiger partial charge in [-0.2, -0.15) is 0 Å². The first-order valence-corrected chi connectivity index (χ1v) is 23.4. The van der Waals surface area contributed by atoms with Crippen molar-refractivity contribution in [2.24, 2.45) is 22.2 Å². The Labute approximate surface area is 413 Å². The SMILES string of the molecule is CC(=O)NC(CCCN=C(N)N)C(=O)NC1CC(=O)NCCCCC(C(N)=O)NC(=O)C(Cc2c[nH]c3ccccc23)NC(=O)C(CO)NC(=O)C(Cc2ccccc2)NC(=O)C(Cc2cnc[nH]2)NC1=O. The summed E-state index contributed by atoms with van der Waals surface area (Å²) in [5.74, 6) is -7.83. The Morgan fingerprint density at radius 2 is 1.42 bits per heavy atom. The van der Waals surface area contributed by atoms with E-state index in [1.54, 1.807) is 42.6 Å². The molecule has 0 bridgehead atoms. The molecule has 1 fully saturated rings. The van der Waals surface area contributed by atoms with Gasteiger partial charge >= 0.3 is 0 Å². The van der Waals surface area contributed by atoms with Crippen LogP contribution < -0.4 is 59.7 Å².